The van der Waals surface area contributed by atoms with Crippen molar-refractivity contribution in [3.05, 3.63) is 45.9 Å². The average Bonchev–Trinajstić information content (AvgIpc) is 2.99. The molecule has 8 heteroatoms. The number of anilines is 1. The monoisotopic (exact) mass is 367 g/mol. The molecule has 134 valence electrons. The van der Waals surface area contributed by atoms with Crippen LogP contribution in [0.2, 0.25) is 0 Å². The predicted molar refractivity (Wildman–Crippen MR) is 92.4 cm³/mol. The Labute approximate surface area is 148 Å². The number of carbonyl (C=O) groups is 2. The molecule has 0 unspecified atom stereocenters. The fraction of sp³-hybridized carbons (Fsp3) is 0.353. The van der Waals surface area contributed by atoms with Crippen LogP contribution in [0.3, 0.4) is 0 Å². The number of carbonyl (C=O) groups excluding carboxylic acids is 2. The highest BCUT2D eigenvalue weighted by Crippen LogP contribution is 2.25. The molecule has 2 rings (SSSR count). The molecule has 0 aliphatic rings. The summed E-state index contributed by atoms with van der Waals surface area (Å²) < 4.78 is 26.8. The molecule has 2 N–H and O–H groups in total. The molecule has 0 aliphatic heterocycles. The molecule has 25 heavy (non-hydrogen) atoms. The van der Waals surface area contributed by atoms with Crippen molar-refractivity contribution in [2.45, 2.75) is 33.2 Å². The Morgan fingerprint density at radius 3 is 2.64 bits per heavy atom. The van der Waals surface area contributed by atoms with Crippen molar-refractivity contribution in [2.75, 3.05) is 5.32 Å². The summed E-state index contributed by atoms with van der Waals surface area (Å²) in [4.78, 5) is 27.8. The number of hydrogen-bond acceptors (Lipinski definition) is 4. The summed E-state index contributed by atoms with van der Waals surface area (Å²) >= 11 is 1.23. The molecule has 1 heterocycles. The van der Waals surface area contributed by atoms with E-state index in [1.54, 1.807) is 0 Å². The van der Waals surface area contributed by atoms with Crippen molar-refractivity contribution in [3.8, 4) is 0 Å². The number of hydrogen-bond donors (Lipinski definition) is 2. The molecule has 0 bridgehead atoms. The largest absolute Gasteiger partial charge is 0.347 e. The van der Waals surface area contributed by atoms with Crippen LogP contribution in [0.1, 0.15) is 48.7 Å². The summed E-state index contributed by atoms with van der Waals surface area (Å²) in [5, 5.41) is 7.23. The van der Waals surface area contributed by atoms with Gasteiger partial charge in [0.05, 0.1) is 11.7 Å². The Bertz CT molecular complexity index is 777. The maximum absolute atomic E-state index is 13.6. The number of nitrogens with one attached hydrogen (secondary N) is 2. The molecule has 0 spiro atoms. The van der Waals surface area contributed by atoms with Gasteiger partial charge in [-0.2, -0.15) is 0 Å². The molecule has 5 nitrogen and oxygen atoms in total. The first-order valence-electron chi connectivity index (χ1n) is 7.75. The quantitative estimate of drug-likeness (QED) is 0.813. The lowest BCUT2D eigenvalue weighted by Gasteiger charge is -2.17. The number of benzene rings is 1. The van der Waals surface area contributed by atoms with Gasteiger partial charge in [0, 0.05) is 18.4 Å². The normalized spacial score (nSPS) is 12.1. The lowest BCUT2D eigenvalue weighted by molar-refractivity contribution is -0.119. The molecule has 0 fully saturated rings. The Morgan fingerprint density at radius 1 is 1.28 bits per heavy atom. The van der Waals surface area contributed by atoms with E-state index < -0.39 is 17.5 Å². The van der Waals surface area contributed by atoms with E-state index in [4.69, 9.17) is 0 Å². The van der Waals surface area contributed by atoms with Gasteiger partial charge in [0.2, 0.25) is 5.91 Å². The van der Waals surface area contributed by atoms with Crippen molar-refractivity contribution in [1.29, 1.82) is 0 Å². The van der Waals surface area contributed by atoms with E-state index in [0.717, 1.165) is 18.2 Å². The maximum Gasteiger partial charge on any atom is 0.275 e. The summed E-state index contributed by atoms with van der Waals surface area (Å²) in [6.07, 6.45) is 0.673. The van der Waals surface area contributed by atoms with Crippen LogP contribution >= 0.6 is 11.3 Å². The Morgan fingerprint density at radius 2 is 2.00 bits per heavy atom. The van der Waals surface area contributed by atoms with Gasteiger partial charge in [-0.15, -0.1) is 11.3 Å². The molecule has 1 aromatic carbocycles. The maximum atomic E-state index is 13.6. The van der Waals surface area contributed by atoms with Crippen LogP contribution in [0, 0.1) is 17.6 Å². The van der Waals surface area contributed by atoms with Gasteiger partial charge in [-0.05, 0) is 24.5 Å². The zero-order valence-electron chi connectivity index (χ0n) is 14.1. The summed E-state index contributed by atoms with van der Waals surface area (Å²) in [6.45, 7) is 5.45. The second kappa shape index (κ2) is 8.15. The zero-order chi connectivity index (χ0) is 18.6. The van der Waals surface area contributed by atoms with Gasteiger partial charge in [-0.25, -0.2) is 13.8 Å². The van der Waals surface area contributed by atoms with Crippen LogP contribution in [-0.2, 0) is 4.79 Å². The zero-order valence-corrected chi connectivity index (χ0v) is 14.9. The first-order chi connectivity index (χ1) is 11.8. The van der Waals surface area contributed by atoms with Crippen LogP contribution in [0.15, 0.2) is 23.6 Å². The van der Waals surface area contributed by atoms with Crippen molar-refractivity contribution in [1.82, 2.24) is 10.3 Å². The minimum atomic E-state index is -0.735. The number of thiazole rings is 1. The van der Waals surface area contributed by atoms with Gasteiger partial charge >= 0.3 is 0 Å². The van der Waals surface area contributed by atoms with Crippen LogP contribution in [0.5, 0.6) is 0 Å². The molecule has 0 saturated heterocycles. The number of rotatable bonds is 6. The molecule has 2 aromatic rings. The van der Waals surface area contributed by atoms with E-state index >= 15 is 0 Å². The van der Waals surface area contributed by atoms with E-state index in [2.05, 4.69) is 15.6 Å². The molecular weight excluding hydrogens is 348 g/mol. The summed E-state index contributed by atoms with van der Waals surface area (Å²) in [7, 11) is 0. The third-order valence-corrected chi connectivity index (χ3v) is 4.27. The summed E-state index contributed by atoms with van der Waals surface area (Å²) in [6, 6.07) is 2.51. The number of amides is 2. The van der Waals surface area contributed by atoms with Gasteiger partial charge in [0.25, 0.3) is 5.91 Å². The molecule has 2 amide bonds. The van der Waals surface area contributed by atoms with Crippen LogP contribution in [0.25, 0.3) is 0 Å². The van der Waals surface area contributed by atoms with Crippen LogP contribution in [0.4, 0.5) is 14.5 Å². The van der Waals surface area contributed by atoms with Crippen molar-refractivity contribution < 1.29 is 18.4 Å². The highest BCUT2D eigenvalue weighted by Gasteiger charge is 2.20. The van der Waals surface area contributed by atoms with Crippen LogP contribution in [-0.4, -0.2) is 16.8 Å². The Balaban J connectivity index is 2.16. The smallest absolute Gasteiger partial charge is 0.275 e. The van der Waals surface area contributed by atoms with Crippen molar-refractivity contribution in [3.63, 3.8) is 0 Å². The molecule has 1 atom stereocenters. The number of nitrogens with zero attached hydrogens (tertiary/aromatic N) is 1. The third kappa shape index (κ3) is 5.32. The molecule has 0 saturated carbocycles. The van der Waals surface area contributed by atoms with E-state index in [-0.39, 0.29) is 23.3 Å². The van der Waals surface area contributed by atoms with Gasteiger partial charge in [-0.3, -0.25) is 9.59 Å². The van der Waals surface area contributed by atoms with E-state index in [1.165, 1.54) is 23.6 Å². The first-order valence-corrected chi connectivity index (χ1v) is 8.63. The Kier molecular flexibility index (Phi) is 6.19. The van der Waals surface area contributed by atoms with E-state index in [9.17, 15) is 18.4 Å². The van der Waals surface area contributed by atoms with Gasteiger partial charge < -0.3 is 10.6 Å². The van der Waals surface area contributed by atoms with E-state index in [1.807, 2.05) is 13.8 Å². The summed E-state index contributed by atoms with van der Waals surface area (Å²) in [5.41, 5.74) is -0.164. The molecular formula is C17H19F2N3O2S. The highest BCUT2D eigenvalue weighted by atomic mass is 32.1. The second-order valence-electron chi connectivity index (χ2n) is 6.03. The molecule has 1 aromatic heterocycles. The predicted octanol–water partition coefficient (Wildman–Crippen LogP) is 3.90. The van der Waals surface area contributed by atoms with Crippen LogP contribution < -0.4 is 10.6 Å². The minimum absolute atomic E-state index is 0.0859. The standard InChI is InChI=1S/C17H19F2N3O2S/c1-9(2)6-14(20-10(3)23)17-22-15(8-25-17)16(24)21-13-7-11(18)4-5-12(13)19/h4-5,7-9,14H,6H2,1-3H3,(H,20,23)(H,21,24)/t14-/m1/s1. The fourth-order valence-electron chi connectivity index (χ4n) is 2.27. The number of aromatic nitrogens is 1. The number of halogens is 2. The lowest BCUT2D eigenvalue weighted by Crippen LogP contribution is -2.27. The Hall–Kier alpha value is -2.35. The summed E-state index contributed by atoms with van der Waals surface area (Å²) in [5.74, 6) is -1.90. The van der Waals surface area contributed by atoms with Gasteiger partial charge in [-0.1, -0.05) is 13.8 Å². The highest BCUT2D eigenvalue weighted by molar-refractivity contribution is 7.10. The first kappa shape index (κ1) is 19.0. The molecule has 0 aliphatic carbocycles. The second-order valence-corrected chi connectivity index (χ2v) is 6.92. The van der Waals surface area contributed by atoms with Crippen molar-refractivity contribution >= 4 is 28.8 Å². The van der Waals surface area contributed by atoms with Gasteiger partial charge in [0.15, 0.2) is 0 Å². The molecule has 0 radical (unpaired) electrons. The lowest BCUT2D eigenvalue weighted by atomic mass is 10.0. The average molecular weight is 367 g/mol. The third-order valence-electron chi connectivity index (χ3n) is 3.31. The van der Waals surface area contributed by atoms with Gasteiger partial charge in [0.1, 0.15) is 22.3 Å². The topological polar surface area (TPSA) is 71.1 Å². The fourth-order valence-corrected chi connectivity index (χ4v) is 3.13. The SMILES string of the molecule is CC(=O)N[C@H](CC(C)C)c1nc(C(=O)Nc2cc(F)ccc2F)cs1. The van der Waals surface area contributed by atoms with Crippen molar-refractivity contribution in [2.24, 2.45) is 5.92 Å². The minimum Gasteiger partial charge on any atom is -0.347 e. The van der Waals surface area contributed by atoms with E-state index in [0.29, 0.717) is 17.3 Å².